The summed E-state index contributed by atoms with van der Waals surface area (Å²) in [6, 6.07) is 11.8. The number of nitrogens with one attached hydrogen (secondary N) is 11. The number of hydrogen-bond acceptors (Lipinski definition) is 28. The van der Waals surface area contributed by atoms with Crippen molar-refractivity contribution in [3.05, 3.63) is 148 Å². The van der Waals surface area contributed by atoms with Crippen molar-refractivity contribution in [2.45, 2.75) is 221 Å². The fourth-order valence-electron chi connectivity index (χ4n) is 15.3. The highest BCUT2D eigenvalue weighted by atomic mass is 35.5. The largest absolute Gasteiger partial charge is 0.508 e. The Kier molecular flexibility index (Phi) is 40.2. The second kappa shape index (κ2) is 50.2. The second-order valence-corrected chi connectivity index (χ2v) is 39.0. The minimum absolute atomic E-state index is 0.00592. The molecule has 42 heteroatoms. The zero-order valence-corrected chi connectivity index (χ0v) is 79.4. The highest BCUT2D eigenvalue weighted by Crippen LogP contribution is 2.50. The highest BCUT2D eigenvalue weighted by molar-refractivity contribution is 8.77. The van der Waals surface area contributed by atoms with Gasteiger partial charge in [-0.3, -0.25) is 58.1 Å². The quantitative estimate of drug-likeness (QED) is 0.0124. The molecular weight excluding hydrogens is 1810 g/mol. The Morgan fingerprint density at radius 1 is 0.788 bits per heavy atom. The van der Waals surface area contributed by atoms with Crippen molar-refractivity contribution >= 4 is 148 Å². The number of allylic oxidation sites excluding steroid dienone is 3. The molecule has 5 heterocycles. The van der Waals surface area contributed by atoms with Gasteiger partial charge < -0.3 is 118 Å². The van der Waals surface area contributed by atoms with Crippen molar-refractivity contribution in [2.24, 2.45) is 17.4 Å². The molecule has 4 bridgehead atoms. The van der Waals surface area contributed by atoms with E-state index in [1.54, 1.807) is 92.9 Å². The summed E-state index contributed by atoms with van der Waals surface area (Å²) in [4.78, 5) is 192. The van der Waals surface area contributed by atoms with Gasteiger partial charge in [0.2, 0.25) is 65.0 Å². The Balaban J connectivity index is 0.822. The lowest BCUT2D eigenvalue weighted by Gasteiger charge is -2.42. The molecule has 1 aromatic heterocycles. The van der Waals surface area contributed by atoms with Crippen LogP contribution >= 0.6 is 54.8 Å². The number of aromatic hydroxyl groups is 1. The number of ether oxygens (including phenoxy) is 5. The fraction of sp³-hybridized carbons (Fsp3) is 0.522. The lowest BCUT2D eigenvalue weighted by Crippen LogP contribution is -2.63. The van der Waals surface area contributed by atoms with Gasteiger partial charge in [-0.25, -0.2) is 9.59 Å². The Morgan fingerprint density at radius 2 is 1.45 bits per heavy atom. The number of phenols is 1. The number of para-hydroxylation sites is 1. The van der Waals surface area contributed by atoms with Crippen LogP contribution in [0.15, 0.2) is 121 Å². The molecule has 0 radical (unpaired) electrons. The van der Waals surface area contributed by atoms with E-state index in [2.05, 4.69) is 58.2 Å². The van der Waals surface area contributed by atoms with Crippen LogP contribution in [0.4, 0.5) is 10.5 Å². The number of esters is 1. The zero-order chi connectivity index (χ0) is 96.3. The number of H-pyrrole nitrogens is 1. The van der Waals surface area contributed by atoms with Crippen molar-refractivity contribution in [1.82, 2.24) is 63.1 Å². The predicted octanol–water partition coefficient (Wildman–Crippen LogP) is 3.22. The highest BCUT2D eigenvalue weighted by Gasteiger charge is 2.65. The van der Waals surface area contributed by atoms with Gasteiger partial charge in [-0.1, -0.05) is 159 Å². The fourth-order valence-corrected chi connectivity index (χ4v) is 20.0. The third-order valence-electron chi connectivity index (χ3n) is 23.3. The van der Waals surface area contributed by atoms with Gasteiger partial charge in [0, 0.05) is 112 Å². The number of methoxy groups -OCH3 is 2. The smallest absolute Gasteiger partial charge is 0.409 e. The number of benzene rings is 4. The van der Waals surface area contributed by atoms with E-state index in [1.807, 2.05) is 19.1 Å². The minimum Gasteiger partial charge on any atom is -0.508 e. The Morgan fingerprint density at radius 3 is 2.14 bits per heavy atom. The SMILES string of the molecule is COc1cc2cc(c1Cl)N(C)C(=O)C[C@H](OC(=O)[C@H](C)N(C)C(=O)CCSSCCC(=O)NCCNC(=O)[C@@H](NC(=O)[C@@H]1CSSC[C@H](NC(=O)[C@H](N)Cc3ccccc3)C(=O)N[C@@H](Cc3ccc(O)cc3)C(=O)N[C@H](Cc3c[nH]c4ccccc34)C(=O)N[C@@H](CCCCCN)C(=O)N[C@@H]([C@@H](C)O)C(=O)N1)[C@@H](C)O)[C@]1(C)O[C@H]1[C@H](C)[C@@H]1C[C@@](O)(NC(=O)O1)[C@H](OC)/C=C/C=C(\C)C2. The van der Waals surface area contributed by atoms with Crippen molar-refractivity contribution < 1.29 is 106 Å². The number of anilines is 1. The number of likely N-dealkylation sites (N-methyl/N-ethyl adjacent to an activating group) is 1. The van der Waals surface area contributed by atoms with E-state index in [0.717, 1.165) is 32.7 Å². The van der Waals surface area contributed by atoms with Crippen LogP contribution in [-0.4, -0.2) is 281 Å². The number of rotatable bonds is 33. The molecule has 0 spiro atoms. The number of aromatic nitrogens is 1. The van der Waals surface area contributed by atoms with Crippen molar-refractivity contribution in [2.75, 3.05) is 75.9 Å². The Labute approximate surface area is 787 Å². The van der Waals surface area contributed by atoms with Crippen LogP contribution in [0.1, 0.15) is 115 Å². The maximum absolute atomic E-state index is 15.1. The molecule has 3 saturated heterocycles. The molecule has 5 aromatic rings. The van der Waals surface area contributed by atoms with Crippen LogP contribution in [0.3, 0.4) is 0 Å². The van der Waals surface area contributed by atoms with Crippen LogP contribution in [-0.2, 0) is 102 Å². The summed E-state index contributed by atoms with van der Waals surface area (Å²) in [7, 11) is 10.2. The number of aromatic amines is 1. The van der Waals surface area contributed by atoms with E-state index < -0.39 is 197 Å². The van der Waals surface area contributed by atoms with Gasteiger partial charge in [0.25, 0.3) is 0 Å². The van der Waals surface area contributed by atoms with E-state index in [-0.39, 0.29) is 86.1 Å². The molecule has 0 saturated carbocycles. The number of amides is 12. The first-order chi connectivity index (χ1) is 62.8. The molecule has 37 nitrogen and oxygen atoms in total. The number of epoxide rings is 1. The maximum Gasteiger partial charge on any atom is 0.409 e. The molecule has 18 atom stereocenters. The van der Waals surface area contributed by atoms with Gasteiger partial charge in [0.1, 0.15) is 88.8 Å². The summed E-state index contributed by atoms with van der Waals surface area (Å²) < 4.78 is 29.6. The summed E-state index contributed by atoms with van der Waals surface area (Å²) >= 11 is 6.87. The van der Waals surface area contributed by atoms with E-state index in [4.69, 9.17) is 46.8 Å². The first-order valence-corrected chi connectivity index (χ1v) is 48.9. The Hall–Kier alpha value is -10.2. The number of carbonyl (C=O) groups excluding carboxylic acids is 13. The third kappa shape index (κ3) is 29.9. The van der Waals surface area contributed by atoms with Gasteiger partial charge >= 0.3 is 12.1 Å². The molecular formula is C90H122ClN15O22S4. The third-order valence-corrected chi connectivity index (χ3v) is 28.5. The number of unbranched alkanes of at least 4 members (excludes halogenated alkanes) is 2. The molecule has 0 unspecified atom stereocenters. The molecule has 4 aliphatic heterocycles. The number of alkyl carbamates (subject to hydrolysis) is 1. The summed E-state index contributed by atoms with van der Waals surface area (Å²) in [5, 5.41) is 71.9. The average molecular weight is 1930 g/mol. The van der Waals surface area contributed by atoms with Gasteiger partial charge in [-0.15, -0.1) is 0 Å². The number of carbonyl (C=O) groups is 13. The maximum atomic E-state index is 15.1. The minimum atomic E-state index is -1.93. The topological polar surface area (TPSA) is 547 Å². The molecule has 3 fully saturated rings. The second-order valence-electron chi connectivity index (χ2n) is 33.4. The number of hydrogen-bond donors (Lipinski definition) is 17. The number of nitrogens with two attached hydrogens (primary N) is 2. The predicted molar refractivity (Wildman–Crippen MR) is 502 cm³/mol. The Bertz CT molecular complexity index is 4930. The van der Waals surface area contributed by atoms with Gasteiger partial charge in [-0.2, -0.15) is 0 Å². The van der Waals surface area contributed by atoms with Gasteiger partial charge in [0.15, 0.2) is 5.72 Å². The standard InChI is InChI=1S/C90H122ClN15O22S4/c1-49-20-19-26-70(125-10)90(123)45-69(126-88(122)104-90)50(2)78-89(6,128-78)71(44-74(112)106(8)67-41-56(38-49)42-68(124-9)75(67)91)127-87(121)51(3)105(7)73(111)32-37-130-129-36-31-72(110)94-34-35-95-85(119)76(52(4)107)102-84(118)66-48-132-131-47-65(100-79(113)60(93)39-54-21-13-11-14-22-54)83(117)98-63(40-55-27-29-58(109)30-28-55)81(115)99-64(43-57-46-96-61-24-17-16-23-59(57)61)82(116)97-62(25-15-12-18-33-92)80(114)103-77(53(5)108)86(120)101-66/h11,13-14,16-17,19-24,26-30,41-42,46,50-53,60,62-66,69-71,76-78,96,107-109,123H,12,15,18,25,31-40,43-45,47-48,92-93H2,1-10H3,(H,94,110)(H,95,119)(H,97,116)(H,98,117)(H,99,115)(H,100,113)(H,101,120)(H,102,118)(H,103,114)(H,104,122)/b26-19+,49-20+/t50-,51+,52-,53-,60-,62+,63+,64-,65+,66+,69+,70-,71+,76+,77+,78+,89+,90+/m1/s1. The molecule has 9 rings (SSSR count). The van der Waals surface area contributed by atoms with E-state index in [0.29, 0.717) is 71.3 Å². The molecule has 19 N–H and O–H groups in total. The van der Waals surface area contributed by atoms with E-state index in [9.17, 15) is 73.2 Å². The number of fused-ring (bicyclic) bond motifs is 6. The van der Waals surface area contributed by atoms with Crippen LogP contribution < -0.4 is 74.3 Å². The summed E-state index contributed by atoms with van der Waals surface area (Å²) in [6.45, 7) is 9.14. The monoisotopic (exact) mass is 1930 g/mol. The van der Waals surface area contributed by atoms with Crippen LogP contribution in [0.2, 0.25) is 5.02 Å². The molecule has 4 aromatic carbocycles. The average Bonchev–Trinajstić information content (AvgIpc) is 1.57. The lowest BCUT2D eigenvalue weighted by atomic mass is 9.83. The summed E-state index contributed by atoms with van der Waals surface area (Å²) in [5.41, 5.74) is 13.4. The first-order valence-electron chi connectivity index (χ1n) is 43.5. The number of halogens is 1. The van der Waals surface area contributed by atoms with E-state index >= 15 is 9.59 Å². The molecule has 132 heavy (non-hydrogen) atoms. The normalized spacial score (nSPS) is 25.5. The van der Waals surface area contributed by atoms with Crippen LogP contribution in [0.25, 0.3) is 10.9 Å². The number of phenolic OH excluding ortho intramolecular Hbond substituents is 1. The zero-order valence-electron chi connectivity index (χ0n) is 75.3. The molecule has 0 aliphatic carbocycles. The van der Waals surface area contributed by atoms with E-state index in [1.165, 1.54) is 105 Å². The number of nitrogens with zero attached hydrogens (tertiary/aromatic N) is 2. The van der Waals surface area contributed by atoms with Crippen molar-refractivity contribution in [1.29, 1.82) is 0 Å². The summed E-state index contributed by atoms with van der Waals surface area (Å²) in [5.74, 6) is -10.3. The molecule has 4 aliphatic rings. The van der Waals surface area contributed by atoms with Crippen LogP contribution in [0, 0.1) is 5.92 Å². The van der Waals surface area contributed by atoms with Gasteiger partial charge in [0.05, 0.1) is 43.6 Å². The van der Waals surface area contributed by atoms with Crippen molar-refractivity contribution in [3.8, 4) is 11.5 Å². The molecule has 720 valence electrons. The first kappa shape index (κ1) is 106. The number of aliphatic hydroxyl groups excluding tert-OH is 2. The summed E-state index contributed by atoms with van der Waals surface area (Å²) in [6.07, 6.45) is -0.741. The van der Waals surface area contributed by atoms with Crippen molar-refractivity contribution in [3.63, 3.8) is 0 Å². The van der Waals surface area contributed by atoms with Gasteiger partial charge in [-0.05, 0) is 119 Å². The molecule has 12 amide bonds. The lowest BCUT2D eigenvalue weighted by molar-refractivity contribution is -0.162. The van der Waals surface area contributed by atoms with Crippen LogP contribution in [0.5, 0.6) is 11.5 Å². The number of aliphatic hydroxyl groups is 3.